The number of hydrogen-bond acceptors (Lipinski definition) is 4. The van der Waals surface area contributed by atoms with Gasteiger partial charge in [0.05, 0.1) is 0 Å². The fraction of sp³-hybridized carbons (Fsp3) is 0.949. The van der Waals surface area contributed by atoms with E-state index in [0.29, 0.717) is 11.9 Å². The molecule has 3 fully saturated rings. The quantitative estimate of drug-likeness (QED) is 0.0889. The third-order valence-corrected chi connectivity index (χ3v) is 11.3. The monoisotopic (exact) mass is 659 g/mol. The van der Waals surface area contributed by atoms with Crippen molar-refractivity contribution in [3.05, 3.63) is 0 Å². The van der Waals surface area contributed by atoms with Gasteiger partial charge in [-0.1, -0.05) is 39.0 Å². The van der Waals surface area contributed by atoms with Crippen LogP contribution in [-0.4, -0.2) is 80.6 Å². The number of guanidine groups is 2. The molecule has 0 aromatic carbocycles. The van der Waals surface area contributed by atoms with E-state index < -0.39 is 0 Å². The Labute approximate surface area is 291 Å². The van der Waals surface area contributed by atoms with Crippen molar-refractivity contribution in [3.8, 4) is 0 Å². The molecular formula is C39H78N8. The standard InChI is InChI=1S/C39H78N8/c1-15-28(29-22-34(2,3)43-35(4,5)23-29)20-18-16-17-19-21-47(31-26-38(10,11)45-39(12,13)27-31)33(41)42-32(40)46(14)30-24-36(6,7)44-37(8,9)25-30/h28-31,43-45H,15-27H2,1-14H3,(H3,40,41,42). The molecule has 47 heavy (non-hydrogen) atoms. The zero-order valence-corrected chi connectivity index (χ0v) is 33.4. The summed E-state index contributed by atoms with van der Waals surface area (Å²) in [5.41, 5.74) is 7.16. The van der Waals surface area contributed by atoms with Gasteiger partial charge in [0.2, 0.25) is 5.96 Å². The van der Waals surface area contributed by atoms with Crippen LogP contribution in [0.3, 0.4) is 0 Å². The largest absolute Gasteiger partial charge is 0.369 e. The minimum atomic E-state index is -0.00377. The lowest BCUT2D eigenvalue weighted by molar-refractivity contribution is 0.0863. The Morgan fingerprint density at radius 3 is 1.53 bits per heavy atom. The molecule has 0 saturated carbocycles. The summed E-state index contributed by atoms with van der Waals surface area (Å²) in [6.45, 7) is 31.0. The minimum absolute atomic E-state index is 0.00377. The van der Waals surface area contributed by atoms with Crippen molar-refractivity contribution in [3.63, 3.8) is 0 Å². The van der Waals surface area contributed by atoms with E-state index in [-0.39, 0.29) is 45.3 Å². The molecule has 8 nitrogen and oxygen atoms in total. The first-order chi connectivity index (χ1) is 21.3. The predicted molar refractivity (Wildman–Crippen MR) is 203 cm³/mol. The van der Waals surface area contributed by atoms with Crippen molar-refractivity contribution in [2.75, 3.05) is 13.6 Å². The topological polar surface area (TPSA) is 105 Å². The van der Waals surface area contributed by atoms with Crippen LogP contribution in [0, 0.1) is 17.2 Å². The van der Waals surface area contributed by atoms with Gasteiger partial charge in [0, 0.05) is 58.9 Å². The van der Waals surface area contributed by atoms with Crippen LogP contribution in [-0.2, 0) is 0 Å². The molecule has 0 bridgehead atoms. The highest BCUT2D eigenvalue weighted by atomic mass is 15.3. The Hall–Kier alpha value is -1.38. The fourth-order valence-corrected chi connectivity index (χ4v) is 10.5. The maximum Gasteiger partial charge on any atom is 0.221 e. The van der Waals surface area contributed by atoms with Crippen LogP contribution in [0.25, 0.3) is 0 Å². The van der Waals surface area contributed by atoms with Gasteiger partial charge in [-0.25, -0.2) is 0 Å². The molecule has 3 aliphatic heterocycles. The van der Waals surface area contributed by atoms with Crippen LogP contribution in [0.2, 0.25) is 0 Å². The van der Waals surface area contributed by atoms with Gasteiger partial charge in [-0.3, -0.25) is 5.41 Å². The van der Waals surface area contributed by atoms with E-state index in [1.807, 2.05) is 0 Å². The summed E-state index contributed by atoms with van der Waals surface area (Å²) in [7, 11) is 2.06. The van der Waals surface area contributed by atoms with Crippen molar-refractivity contribution in [2.45, 2.75) is 212 Å². The predicted octanol–water partition coefficient (Wildman–Crippen LogP) is 7.62. The van der Waals surface area contributed by atoms with Gasteiger partial charge in [-0.2, -0.15) is 4.99 Å². The van der Waals surface area contributed by atoms with E-state index in [4.69, 9.17) is 10.7 Å². The second-order valence-electron chi connectivity index (χ2n) is 19.9. The van der Waals surface area contributed by atoms with Gasteiger partial charge in [-0.15, -0.1) is 0 Å². The maximum absolute atomic E-state index is 9.30. The van der Waals surface area contributed by atoms with E-state index in [1.54, 1.807) is 0 Å². The summed E-state index contributed by atoms with van der Waals surface area (Å²) in [6.07, 6.45) is 14.0. The Morgan fingerprint density at radius 2 is 1.09 bits per heavy atom. The Morgan fingerprint density at radius 1 is 0.681 bits per heavy atom. The smallest absolute Gasteiger partial charge is 0.221 e. The summed E-state index contributed by atoms with van der Waals surface area (Å²) in [4.78, 5) is 9.24. The molecular weight excluding hydrogens is 580 g/mol. The highest BCUT2D eigenvalue weighted by molar-refractivity contribution is 5.92. The van der Waals surface area contributed by atoms with Gasteiger partial charge in [0.1, 0.15) is 0 Å². The molecule has 1 unspecified atom stereocenters. The number of piperidine rings is 3. The molecule has 0 aromatic heterocycles. The Balaban J connectivity index is 1.65. The lowest BCUT2D eigenvalue weighted by atomic mass is 9.69. The van der Waals surface area contributed by atoms with Crippen molar-refractivity contribution in [1.82, 2.24) is 25.8 Å². The van der Waals surface area contributed by atoms with Gasteiger partial charge in [-0.05, 0) is 140 Å². The average molecular weight is 659 g/mol. The van der Waals surface area contributed by atoms with Crippen molar-refractivity contribution >= 4 is 11.9 Å². The van der Waals surface area contributed by atoms with Crippen LogP contribution in [0.5, 0.6) is 0 Å². The van der Waals surface area contributed by atoms with Crippen molar-refractivity contribution in [1.29, 1.82) is 5.41 Å². The molecule has 3 saturated heterocycles. The molecule has 8 heteroatoms. The van der Waals surface area contributed by atoms with Gasteiger partial charge >= 0.3 is 0 Å². The Kier molecular flexibility index (Phi) is 12.7. The molecule has 0 aliphatic carbocycles. The van der Waals surface area contributed by atoms with E-state index in [9.17, 15) is 5.41 Å². The summed E-state index contributed by atoms with van der Waals surface area (Å²) < 4.78 is 0. The minimum Gasteiger partial charge on any atom is -0.369 e. The van der Waals surface area contributed by atoms with Gasteiger partial charge < -0.3 is 31.5 Å². The summed E-state index contributed by atoms with van der Waals surface area (Å²) in [5.74, 6) is 2.39. The number of nitrogens with zero attached hydrogens (tertiary/aromatic N) is 3. The molecule has 3 aliphatic rings. The molecule has 1 atom stereocenters. The zero-order valence-electron chi connectivity index (χ0n) is 33.4. The lowest BCUT2D eigenvalue weighted by Gasteiger charge is -2.50. The maximum atomic E-state index is 9.30. The third-order valence-electron chi connectivity index (χ3n) is 11.3. The molecule has 0 amide bonds. The van der Waals surface area contributed by atoms with Crippen LogP contribution in [0.4, 0.5) is 0 Å². The second-order valence-corrected chi connectivity index (χ2v) is 19.9. The molecule has 3 rings (SSSR count). The number of rotatable bonds is 11. The number of unbranched alkanes of at least 4 members (excludes halogenated alkanes) is 3. The first kappa shape index (κ1) is 40.1. The summed E-state index contributed by atoms with van der Waals surface area (Å²) in [5, 5.41) is 20.8. The normalized spacial score (nSPS) is 26.5. The van der Waals surface area contributed by atoms with Crippen LogP contribution in [0.15, 0.2) is 4.99 Å². The molecule has 0 spiro atoms. The average Bonchev–Trinajstić information content (AvgIpc) is 2.84. The fourth-order valence-electron chi connectivity index (χ4n) is 10.5. The molecule has 274 valence electrons. The third kappa shape index (κ3) is 12.2. The van der Waals surface area contributed by atoms with E-state index in [2.05, 4.69) is 123 Å². The molecule has 3 heterocycles. The number of nitrogens with two attached hydrogens (primary N) is 1. The van der Waals surface area contributed by atoms with Gasteiger partial charge in [0.25, 0.3) is 0 Å². The summed E-state index contributed by atoms with van der Waals surface area (Å²) in [6, 6.07) is 0.528. The Bertz CT molecular complexity index is 1020. The lowest BCUT2D eigenvalue weighted by Crippen LogP contribution is -2.63. The molecule has 0 aromatic rings. The van der Waals surface area contributed by atoms with Crippen LogP contribution in [0.1, 0.15) is 167 Å². The van der Waals surface area contributed by atoms with E-state index in [1.165, 1.54) is 44.9 Å². The first-order valence-electron chi connectivity index (χ1n) is 19.1. The number of hydrogen-bond donors (Lipinski definition) is 5. The van der Waals surface area contributed by atoms with Crippen LogP contribution < -0.4 is 21.7 Å². The number of nitrogens with one attached hydrogen (secondary N) is 4. The molecule has 0 radical (unpaired) electrons. The SMILES string of the molecule is CCC(CCCCCCN(C(=N)/N=C(\N)N(C)C1CC(C)(C)NC(C)(C)C1)C1CC(C)(C)NC(C)(C)C1)C1CC(C)(C)NC(C)(C)C1. The zero-order chi connectivity index (χ0) is 35.6. The highest BCUT2D eigenvalue weighted by Gasteiger charge is 2.43. The first-order valence-corrected chi connectivity index (χ1v) is 19.1. The van der Waals surface area contributed by atoms with E-state index in [0.717, 1.165) is 50.5 Å². The number of aliphatic imine (C=N–C) groups is 1. The second kappa shape index (κ2) is 14.8. The van der Waals surface area contributed by atoms with Gasteiger partial charge in [0.15, 0.2) is 5.96 Å². The summed E-state index contributed by atoms with van der Waals surface area (Å²) >= 11 is 0. The van der Waals surface area contributed by atoms with Crippen LogP contribution >= 0.6 is 0 Å². The molecule has 6 N–H and O–H groups in total. The van der Waals surface area contributed by atoms with Crippen molar-refractivity contribution in [2.24, 2.45) is 22.6 Å². The van der Waals surface area contributed by atoms with E-state index >= 15 is 0 Å². The highest BCUT2D eigenvalue weighted by Crippen LogP contribution is 2.40. The van der Waals surface area contributed by atoms with Crippen molar-refractivity contribution < 1.29 is 0 Å².